The third-order valence-electron chi connectivity index (χ3n) is 5.47. The quantitative estimate of drug-likeness (QED) is 0.716. The zero-order chi connectivity index (χ0) is 19.4. The molecule has 2 aliphatic rings. The summed E-state index contributed by atoms with van der Waals surface area (Å²) < 4.78 is 10.4. The standard InChI is InChI=1S/C20H26N2O5/c1-12(23)21-16-5-6-18(26-2)17(10-16)22-19(24)11-27-20(25)9-15-8-13-3-4-14(15)7-13/h5-6,10,13-15H,3-4,7-9,11H2,1-2H3,(H,21,23)(H,22,24)/t13-,14-,15-/m1/s1. The highest BCUT2D eigenvalue weighted by Crippen LogP contribution is 2.49. The van der Waals surface area contributed by atoms with Crippen LogP contribution < -0.4 is 15.4 Å². The van der Waals surface area contributed by atoms with Gasteiger partial charge in [0.25, 0.3) is 5.91 Å². The lowest BCUT2D eigenvalue weighted by atomic mass is 9.86. The summed E-state index contributed by atoms with van der Waals surface area (Å²) in [6.07, 6.45) is 5.25. The number of nitrogens with one attached hydrogen (secondary N) is 2. The number of hydrogen-bond acceptors (Lipinski definition) is 5. The van der Waals surface area contributed by atoms with Gasteiger partial charge in [-0.1, -0.05) is 6.42 Å². The number of benzene rings is 1. The van der Waals surface area contributed by atoms with Crippen molar-refractivity contribution in [2.24, 2.45) is 17.8 Å². The first-order valence-electron chi connectivity index (χ1n) is 9.35. The van der Waals surface area contributed by atoms with E-state index >= 15 is 0 Å². The summed E-state index contributed by atoms with van der Waals surface area (Å²) in [4.78, 5) is 35.4. The molecule has 3 atom stereocenters. The number of esters is 1. The Morgan fingerprint density at radius 3 is 2.59 bits per heavy atom. The minimum Gasteiger partial charge on any atom is -0.495 e. The summed E-state index contributed by atoms with van der Waals surface area (Å²) in [5.41, 5.74) is 0.935. The van der Waals surface area contributed by atoms with E-state index in [1.54, 1.807) is 18.2 Å². The van der Waals surface area contributed by atoms with Crippen LogP contribution >= 0.6 is 0 Å². The number of anilines is 2. The van der Waals surface area contributed by atoms with Gasteiger partial charge in [0.15, 0.2) is 6.61 Å². The Morgan fingerprint density at radius 1 is 1.15 bits per heavy atom. The van der Waals surface area contributed by atoms with Gasteiger partial charge < -0.3 is 20.1 Å². The van der Waals surface area contributed by atoms with Gasteiger partial charge in [-0.15, -0.1) is 0 Å². The highest BCUT2D eigenvalue weighted by molar-refractivity contribution is 5.96. The molecule has 27 heavy (non-hydrogen) atoms. The molecule has 2 fully saturated rings. The first kappa shape index (κ1) is 19.2. The molecule has 0 unspecified atom stereocenters. The van der Waals surface area contributed by atoms with Gasteiger partial charge in [0.2, 0.25) is 5.91 Å². The van der Waals surface area contributed by atoms with E-state index in [1.807, 2.05) is 0 Å². The van der Waals surface area contributed by atoms with Crippen LogP contribution in [0.25, 0.3) is 0 Å². The molecule has 2 amide bonds. The number of ether oxygens (including phenoxy) is 2. The summed E-state index contributed by atoms with van der Waals surface area (Å²) in [6, 6.07) is 4.91. The van der Waals surface area contributed by atoms with Crippen molar-refractivity contribution in [1.82, 2.24) is 0 Å². The van der Waals surface area contributed by atoms with Crippen molar-refractivity contribution >= 4 is 29.2 Å². The highest BCUT2D eigenvalue weighted by atomic mass is 16.5. The second-order valence-corrected chi connectivity index (χ2v) is 7.44. The molecule has 1 aromatic rings. The van der Waals surface area contributed by atoms with Crippen LogP contribution in [-0.4, -0.2) is 31.5 Å². The Hall–Kier alpha value is -2.57. The number of carbonyl (C=O) groups is 3. The van der Waals surface area contributed by atoms with Gasteiger partial charge in [0.05, 0.1) is 12.8 Å². The van der Waals surface area contributed by atoms with Crippen LogP contribution in [0.1, 0.15) is 39.0 Å². The second kappa shape index (κ2) is 8.41. The van der Waals surface area contributed by atoms with Crippen LogP contribution in [0, 0.1) is 17.8 Å². The van der Waals surface area contributed by atoms with Crippen molar-refractivity contribution < 1.29 is 23.9 Å². The average Bonchev–Trinajstić information content (AvgIpc) is 3.23. The zero-order valence-electron chi connectivity index (χ0n) is 15.7. The summed E-state index contributed by atoms with van der Waals surface area (Å²) in [7, 11) is 1.48. The van der Waals surface area contributed by atoms with Crippen molar-refractivity contribution in [3.05, 3.63) is 18.2 Å². The SMILES string of the molecule is COc1ccc(NC(C)=O)cc1NC(=O)COC(=O)C[C@H]1C[C@@H]2CC[C@@H]1C2. The fourth-order valence-electron chi connectivity index (χ4n) is 4.32. The molecule has 2 saturated carbocycles. The lowest BCUT2D eigenvalue weighted by molar-refractivity contribution is -0.148. The predicted octanol–water partition coefficient (Wildman–Crippen LogP) is 2.96. The van der Waals surface area contributed by atoms with Crippen LogP contribution in [0.5, 0.6) is 5.75 Å². The van der Waals surface area contributed by atoms with Gasteiger partial charge >= 0.3 is 5.97 Å². The molecule has 2 N–H and O–H groups in total. The fourth-order valence-corrected chi connectivity index (χ4v) is 4.32. The predicted molar refractivity (Wildman–Crippen MR) is 100 cm³/mol. The third-order valence-corrected chi connectivity index (χ3v) is 5.47. The zero-order valence-corrected chi connectivity index (χ0v) is 15.7. The largest absolute Gasteiger partial charge is 0.495 e. The molecule has 2 aliphatic carbocycles. The maximum atomic E-state index is 12.2. The average molecular weight is 374 g/mol. The van der Waals surface area contributed by atoms with Gasteiger partial charge in [0.1, 0.15) is 5.75 Å². The molecule has 2 bridgehead atoms. The van der Waals surface area contributed by atoms with E-state index in [4.69, 9.17) is 9.47 Å². The van der Waals surface area contributed by atoms with Crippen molar-refractivity contribution in [3.8, 4) is 5.75 Å². The van der Waals surface area contributed by atoms with Crippen LogP contribution in [0.15, 0.2) is 18.2 Å². The molecule has 146 valence electrons. The number of methoxy groups -OCH3 is 1. The lowest BCUT2D eigenvalue weighted by Gasteiger charge is -2.20. The molecule has 0 aromatic heterocycles. The van der Waals surface area contributed by atoms with Gasteiger partial charge in [-0.05, 0) is 55.2 Å². The molecular formula is C20H26N2O5. The monoisotopic (exact) mass is 374 g/mol. The second-order valence-electron chi connectivity index (χ2n) is 7.44. The van der Waals surface area contributed by atoms with E-state index in [0.29, 0.717) is 35.4 Å². The topological polar surface area (TPSA) is 93.7 Å². The van der Waals surface area contributed by atoms with E-state index in [1.165, 1.54) is 33.3 Å². The van der Waals surface area contributed by atoms with E-state index in [9.17, 15) is 14.4 Å². The van der Waals surface area contributed by atoms with Gasteiger partial charge in [0, 0.05) is 19.0 Å². The van der Waals surface area contributed by atoms with Gasteiger partial charge in [-0.2, -0.15) is 0 Å². The molecule has 0 heterocycles. The highest BCUT2D eigenvalue weighted by Gasteiger charge is 2.40. The van der Waals surface area contributed by atoms with Crippen molar-refractivity contribution in [2.45, 2.75) is 39.0 Å². The summed E-state index contributed by atoms with van der Waals surface area (Å²) in [6.45, 7) is 1.06. The van der Waals surface area contributed by atoms with E-state index in [0.717, 1.165) is 12.3 Å². The Labute approximate surface area is 158 Å². The fraction of sp³-hybridized carbons (Fsp3) is 0.550. The minimum atomic E-state index is -0.449. The molecule has 1 aromatic carbocycles. The number of fused-ring (bicyclic) bond motifs is 2. The number of amides is 2. The first-order valence-corrected chi connectivity index (χ1v) is 9.35. The van der Waals surface area contributed by atoms with E-state index in [2.05, 4.69) is 10.6 Å². The molecular weight excluding hydrogens is 348 g/mol. The van der Waals surface area contributed by atoms with Crippen LogP contribution in [0.3, 0.4) is 0 Å². The summed E-state index contributed by atoms with van der Waals surface area (Å²) >= 11 is 0. The maximum Gasteiger partial charge on any atom is 0.306 e. The van der Waals surface area contributed by atoms with Crippen LogP contribution in [-0.2, 0) is 19.1 Å². The molecule has 7 nitrogen and oxygen atoms in total. The molecule has 0 saturated heterocycles. The summed E-state index contributed by atoms with van der Waals surface area (Å²) in [5.74, 6) is 1.30. The van der Waals surface area contributed by atoms with Crippen LogP contribution in [0.2, 0.25) is 0 Å². The van der Waals surface area contributed by atoms with Crippen molar-refractivity contribution in [2.75, 3.05) is 24.4 Å². The van der Waals surface area contributed by atoms with Crippen molar-refractivity contribution in [1.29, 1.82) is 0 Å². The number of rotatable bonds is 7. The Balaban J connectivity index is 1.49. The smallest absolute Gasteiger partial charge is 0.306 e. The Morgan fingerprint density at radius 2 is 1.96 bits per heavy atom. The molecule has 7 heteroatoms. The van der Waals surface area contributed by atoms with Gasteiger partial charge in [-0.3, -0.25) is 14.4 Å². The molecule has 3 rings (SSSR count). The molecule has 0 aliphatic heterocycles. The first-order chi connectivity index (χ1) is 12.9. The van der Waals surface area contributed by atoms with Crippen LogP contribution in [0.4, 0.5) is 11.4 Å². The Bertz CT molecular complexity index is 733. The number of carbonyl (C=O) groups excluding carboxylic acids is 3. The molecule has 0 spiro atoms. The van der Waals surface area contributed by atoms with E-state index in [-0.39, 0.29) is 18.5 Å². The minimum absolute atomic E-state index is 0.216. The summed E-state index contributed by atoms with van der Waals surface area (Å²) in [5, 5.41) is 5.30. The maximum absolute atomic E-state index is 12.2. The Kier molecular flexibility index (Phi) is 5.98. The third kappa shape index (κ3) is 4.99. The molecule has 0 radical (unpaired) electrons. The van der Waals surface area contributed by atoms with Gasteiger partial charge in [-0.25, -0.2) is 0 Å². The van der Waals surface area contributed by atoms with Crippen molar-refractivity contribution in [3.63, 3.8) is 0 Å². The van der Waals surface area contributed by atoms with E-state index < -0.39 is 5.91 Å². The normalized spacial score (nSPS) is 23.0. The lowest BCUT2D eigenvalue weighted by Crippen LogP contribution is -2.23. The number of hydrogen-bond donors (Lipinski definition) is 2.